The molecule has 25 heavy (non-hydrogen) atoms. The number of aromatic nitrogens is 2. The summed E-state index contributed by atoms with van der Waals surface area (Å²) >= 11 is 3.45. The van der Waals surface area contributed by atoms with Gasteiger partial charge in [-0.05, 0) is 53.2 Å². The van der Waals surface area contributed by atoms with Gasteiger partial charge in [0.2, 0.25) is 0 Å². The third-order valence-electron chi connectivity index (χ3n) is 3.85. The van der Waals surface area contributed by atoms with Crippen LogP contribution in [-0.4, -0.2) is 16.1 Å². The van der Waals surface area contributed by atoms with Gasteiger partial charge in [0.05, 0.1) is 17.4 Å². The van der Waals surface area contributed by atoms with Crippen LogP contribution < -0.4 is 4.74 Å². The maximum absolute atomic E-state index is 12.3. The van der Waals surface area contributed by atoms with Crippen LogP contribution in [0, 0.1) is 0 Å². The molecule has 0 N–H and O–H groups in total. The third-order valence-corrected chi connectivity index (χ3v) is 4.34. The molecule has 4 aromatic rings. The highest BCUT2D eigenvalue weighted by Gasteiger charge is 2.31. The van der Waals surface area contributed by atoms with E-state index in [1.54, 1.807) is 23.0 Å². The Bertz CT molecular complexity index is 1070. The first-order chi connectivity index (χ1) is 11.9. The van der Waals surface area contributed by atoms with E-state index in [1.165, 1.54) is 12.1 Å². The molecule has 0 radical (unpaired) electrons. The minimum atomic E-state index is -4.70. The van der Waals surface area contributed by atoms with Crippen molar-refractivity contribution in [2.75, 3.05) is 0 Å². The van der Waals surface area contributed by atoms with Gasteiger partial charge in [-0.1, -0.05) is 28.1 Å². The van der Waals surface area contributed by atoms with E-state index in [0.717, 1.165) is 26.1 Å². The molecule has 126 valence electrons. The fourth-order valence-electron chi connectivity index (χ4n) is 2.81. The molecule has 0 saturated heterocycles. The SMILES string of the molecule is FC(F)(F)Oc1ccc(-n2ncc3c4ccc(Br)cc4ccc32)cc1. The number of hydrogen-bond acceptors (Lipinski definition) is 2. The number of halogens is 4. The largest absolute Gasteiger partial charge is 0.573 e. The summed E-state index contributed by atoms with van der Waals surface area (Å²) in [6, 6.07) is 15.5. The molecule has 0 atom stereocenters. The monoisotopic (exact) mass is 406 g/mol. The fraction of sp³-hybridized carbons (Fsp3) is 0.0556. The van der Waals surface area contributed by atoms with Crippen LogP contribution in [0.15, 0.2) is 65.3 Å². The second-order valence-corrected chi connectivity index (χ2v) is 6.38. The minimum absolute atomic E-state index is 0.261. The van der Waals surface area contributed by atoms with E-state index in [4.69, 9.17) is 0 Å². The molecule has 0 saturated carbocycles. The first-order valence-electron chi connectivity index (χ1n) is 7.33. The van der Waals surface area contributed by atoms with Gasteiger partial charge in [-0.3, -0.25) is 0 Å². The van der Waals surface area contributed by atoms with Crippen LogP contribution in [0.5, 0.6) is 5.75 Å². The van der Waals surface area contributed by atoms with Crippen molar-refractivity contribution in [3.63, 3.8) is 0 Å². The molecule has 7 heteroatoms. The van der Waals surface area contributed by atoms with E-state index in [-0.39, 0.29) is 5.75 Å². The van der Waals surface area contributed by atoms with Crippen LogP contribution in [0.25, 0.3) is 27.4 Å². The van der Waals surface area contributed by atoms with Crippen LogP contribution in [0.3, 0.4) is 0 Å². The average molecular weight is 407 g/mol. The molecule has 3 nitrogen and oxygen atoms in total. The van der Waals surface area contributed by atoms with Crippen molar-refractivity contribution in [2.24, 2.45) is 0 Å². The van der Waals surface area contributed by atoms with Crippen molar-refractivity contribution >= 4 is 37.6 Å². The van der Waals surface area contributed by atoms with Crippen LogP contribution in [-0.2, 0) is 0 Å². The molecule has 0 amide bonds. The number of alkyl halides is 3. The lowest BCUT2D eigenvalue weighted by atomic mass is 10.1. The number of rotatable bonds is 2. The molecule has 0 fully saturated rings. The summed E-state index contributed by atoms with van der Waals surface area (Å²) < 4.78 is 43.3. The molecule has 3 aromatic carbocycles. The standard InChI is InChI=1S/C18H10BrF3N2O/c19-12-2-7-15-11(9-12)1-8-17-16(15)10-23-24(17)13-3-5-14(6-4-13)25-18(20,21)22/h1-10H. The van der Waals surface area contributed by atoms with Crippen LogP contribution in [0.1, 0.15) is 0 Å². The lowest BCUT2D eigenvalue weighted by Crippen LogP contribution is -2.17. The van der Waals surface area contributed by atoms with Crippen molar-refractivity contribution in [1.29, 1.82) is 0 Å². The summed E-state index contributed by atoms with van der Waals surface area (Å²) in [7, 11) is 0. The summed E-state index contributed by atoms with van der Waals surface area (Å²) in [6.07, 6.45) is -2.95. The Labute approximate surface area is 148 Å². The molecule has 1 heterocycles. The van der Waals surface area contributed by atoms with E-state index in [2.05, 4.69) is 25.8 Å². The fourth-order valence-corrected chi connectivity index (χ4v) is 3.18. The first-order valence-corrected chi connectivity index (χ1v) is 8.12. The van der Waals surface area contributed by atoms with Gasteiger partial charge in [-0.15, -0.1) is 13.2 Å². The zero-order valence-corrected chi connectivity index (χ0v) is 14.2. The number of nitrogens with zero attached hydrogens (tertiary/aromatic N) is 2. The molecule has 0 aliphatic heterocycles. The first kappa shape index (κ1) is 16.0. The second kappa shape index (κ2) is 5.77. The van der Waals surface area contributed by atoms with Gasteiger partial charge in [-0.25, -0.2) is 4.68 Å². The number of hydrogen-bond donors (Lipinski definition) is 0. The predicted molar refractivity (Wildman–Crippen MR) is 93.0 cm³/mol. The van der Waals surface area contributed by atoms with Crippen LogP contribution >= 0.6 is 15.9 Å². The van der Waals surface area contributed by atoms with Crippen molar-refractivity contribution in [2.45, 2.75) is 6.36 Å². The van der Waals surface area contributed by atoms with Crippen molar-refractivity contribution in [3.8, 4) is 11.4 Å². The van der Waals surface area contributed by atoms with Crippen LogP contribution in [0.4, 0.5) is 13.2 Å². The molecule has 4 rings (SSSR count). The molecule has 1 aromatic heterocycles. The third kappa shape index (κ3) is 3.07. The molecule has 0 unspecified atom stereocenters. The van der Waals surface area contributed by atoms with Crippen molar-refractivity contribution in [1.82, 2.24) is 9.78 Å². The second-order valence-electron chi connectivity index (χ2n) is 5.46. The average Bonchev–Trinajstić information content (AvgIpc) is 2.98. The summed E-state index contributed by atoms with van der Waals surface area (Å²) in [6.45, 7) is 0. The topological polar surface area (TPSA) is 27.1 Å². The molecule has 0 bridgehead atoms. The number of ether oxygens (including phenoxy) is 1. The highest BCUT2D eigenvalue weighted by Crippen LogP contribution is 2.30. The highest BCUT2D eigenvalue weighted by atomic mass is 79.9. The normalized spacial score (nSPS) is 12.0. The van der Waals surface area contributed by atoms with E-state index >= 15 is 0 Å². The molecule has 0 aliphatic carbocycles. The molecule has 0 aliphatic rings. The Morgan fingerprint density at radius 2 is 1.68 bits per heavy atom. The quantitative estimate of drug-likeness (QED) is 0.418. The van der Waals surface area contributed by atoms with Gasteiger partial charge in [0.15, 0.2) is 0 Å². The minimum Gasteiger partial charge on any atom is -0.406 e. The lowest BCUT2D eigenvalue weighted by Gasteiger charge is -2.10. The van der Waals surface area contributed by atoms with Gasteiger partial charge in [0.1, 0.15) is 5.75 Å². The number of benzene rings is 3. The van der Waals surface area contributed by atoms with Crippen LogP contribution in [0.2, 0.25) is 0 Å². The lowest BCUT2D eigenvalue weighted by molar-refractivity contribution is -0.274. The van der Waals surface area contributed by atoms with E-state index in [1.807, 2.05) is 30.3 Å². The summed E-state index contributed by atoms with van der Waals surface area (Å²) in [5.74, 6) is -0.261. The van der Waals surface area contributed by atoms with Gasteiger partial charge >= 0.3 is 6.36 Å². The van der Waals surface area contributed by atoms with E-state index in [9.17, 15) is 13.2 Å². The predicted octanol–water partition coefficient (Wildman–Crippen LogP) is 5.84. The Hall–Kier alpha value is -2.54. The van der Waals surface area contributed by atoms with Gasteiger partial charge < -0.3 is 4.74 Å². The van der Waals surface area contributed by atoms with Gasteiger partial charge in [-0.2, -0.15) is 5.10 Å². The highest BCUT2D eigenvalue weighted by molar-refractivity contribution is 9.10. The Kier molecular flexibility index (Phi) is 3.68. The Morgan fingerprint density at radius 1 is 0.920 bits per heavy atom. The number of fused-ring (bicyclic) bond motifs is 3. The molecule has 0 spiro atoms. The van der Waals surface area contributed by atoms with Gasteiger partial charge in [0.25, 0.3) is 0 Å². The Morgan fingerprint density at radius 3 is 2.40 bits per heavy atom. The smallest absolute Gasteiger partial charge is 0.406 e. The molecular formula is C18H10BrF3N2O. The van der Waals surface area contributed by atoms with Crippen molar-refractivity contribution < 1.29 is 17.9 Å². The zero-order chi connectivity index (χ0) is 17.6. The summed E-state index contributed by atoms with van der Waals surface area (Å²) in [5, 5.41) is 7.50. The molecular weight excluding hydrogens is 397 g/mol. The Balaban J connectivity index is 1.78. The summed E-state index contributed by atoms with van der Waals surface area (Å²) in [4.78, 5) is 0. The van der Waals surface area contributed by atoms with E-state index < -0.39 is 6.36 Å². The van der Waals surface area contributed by atoms with E-state index in [0.29, 0.717) is 5.69 Å². The zero-order valence-electron chi connectivity index (χ0n) is 12.6. The summed E-state index contributed by atoms with van der Waals surface area (Å²) in [5.41, 5.74) is 1.53. The maximum atomic E-state index is 12.3. The van der Waals surface area contributed by atoms with Gasteiger partial charge in [0, 0.05) is 9.86 Å². The van der Waals surface area contributed by atoms with Crippen molar-refractivity contribution in [3.05, 3.63) is 65.3 Å². The maximum Gasteiger partial charge on any atom is 0.573 e.